The van der Waals surface area contributed by atoms with Gasteiger partial charge >= 0.3 is 18.2 Å². The SMILES string of the molecule is O=[N+]([O-])c1ccc([CH2][Mg][Br])cc1. The Kier molecular flexibility index (Phi) is 3.97. The van der Waals surface area contributed by atoms with Gasteiger partial charge in [0, 0.05) is 12.1 Å². The Labute approximate surface area is 85.9 Å². The zero-order chi connectivity index (χ0) is 8.97. The van der Waals surface area contributed by atoms with Crippen molar-refractivity contribution in [1.82, 2.24) is 0 Å². The third-order valence-corrected chi connectivity index (χ3v) is 3.49. The van der Waals surface area contributed by atoms with Gasteiger partial charge in [0.05, 0.1) is 4.92 Å². The van der Waals surface area contributed by atoms with Crippen LogP contribution in [0.5, 0.6) is 0 Å². The Morgan fingerprint density at radius 2 is 2.00 bits per heavy atom. The van der Waals surface area contributed by atoms with Crippen LogP contribution < -0.4 is 0 Å². The van der Waals surface area contributed by atoms with Crippen molar-refractivity contribution in [2.75, 3.05) is 0 Å². The van der Waals surface area contributed by atoms with E-state index < -0.39 is 0 Å². The predicted molar refractivity (Wildman–Crippen MR) is 51.5 cm³/mol. The summed E-state index contributed by atoms with van der Waals surface area (Å²) >= 11 is 3.27. The number of halogens is 1. The summed E-state index contributed by atoms with van der Waals surface area (Å²) in [5, 5.41) is 10.3. The fourth-order valence-corrected chi connectivity index (χ4v) is 2.82. The topological polar surface area (TPSA) is 43.1 Å². The van der Waals surface area contributed by atoms with E-state index in [-0.39, 0.29) is 28.8 Å². The minimum Gasteiger partial charge on any atom is -0.306 e. The average molecular weight is 240 g/mol. The van der Waals surface area contributed by atoms with Crippen LogP contribution in [-0.4, -0.2) is 23.1 Å². The van der Waals surface area contributed by atoms with Gasteiger partial charge in [-0.05, 0) is 0 Å². The molecule has 12 heavy (non-hydrogen) atoms. The number of non-ortho nitro benzene ring substituents is 1. The lowest BCUT2D eigenvalue weighted by atomic mass is 10.2. The molecule has 0 saturated heterocycles. The van der Waals surface area contributed by atoms with Crippen LogP contribution in [0.2, 0.25) is 0 Å². The first-order chi connectivity index (χ1) is 5.74. The van der Waals surface area contributed by atoms with Crippen molar-refractivity contribution in [3.05, 3.63) is 39.9 Å². The second kappa shape index (κ2) is 4.79. The number of hydrogen-bond acceptors (Lipinski definition) is 2. The summed E-state index contributed by atoms with van der Waals surface area (Å²) in [4.78, 5) is 9.90. The lowest BCUT2D eigenvalue weighted by Gasteiger charge is -1.95. The molecule has 0 aliphatic rings. The third kappa shape index (κ3) is 2.73. The van der Waals surface area contributed by atoms with E-state index in [1.165, 1.54) is 5.56 Å². The van der Waals surface area contributed by atoms with Crippen LogP contribution in [0, 0.1) is 10.1 Å². The largest absolute Gasteiger partial charge is 0.473 e. The highest BCUT2D eigenvalue weighted by atomic mass is 79.9. The first-order valence-corrected chi connectivity index (χ1v) is 8.43. The molecule has 0 spiro atoms. The number of hydrogen-bond donors (Lipinski definition) is 0. The highest BCUT2D eigenvalue weighted by Crippen LogP contribution is 2.12. The van der Waals surface area contributed by atoms with E-state index in [0.717, 1.165) is 4.55 Å². The Morgan fingerprint density at radius 3 is 2.42 bits per heavy atom. The Hall–Kier alpha value is -0.134. The Morgan fingerprint density at radius 1 is 1.42 bits per heavy atom. The van der Waals surface area contributed by atoms with Crippen molar-refractivity contribution >= 4 is 36.8 Å². The average Bonchev–Trinajstić information content (AvgIpc) is 2.06. The molecule has 0 amide bonds. The first kappa shape index (κ1) is 9.95. The van der Waals surface area contributed by atoms with Gasteiger partial charge in [-0.25, -0.2) is 0 Å². The first-order valence-electron chi connectivity index (χ1n) is 3.53. The zero-order valence-electron chi connectivity index (χ0n) is 6.37. The fourth-order valence-electron chi connectivity index (χ4n) is 0.893. The van der Waals surface area contributed by atoms with Crippen molar-refractivity contribution in [1.29, 1.82) is 0 Å². The van der Waals surface area contributed by atoms with Gasteiger partial charge in [0.2, 0.25) is 0 Å². The minimum absolute atomic E-state index is 0.162. The minimum atomic E-state index is -0.380. The van der Waals surface area contributed by atoms with E-state index in [4.69, 9.17) is 0 Å². The summed E-state index contributed by atoms with van der Waals surface area (Å²) in [6.45, 7) is 0. The van der Waals surface area contributed by atoms with Gasteiger partial charge in [-0.2, -0.15) is 0 Å². The van der Waals surface area contributed by atoms with E-state index >= 15 is 0 Å². The number of nitro groups is 1. The molecule has 0 fully saturated rings. The molecule has 0 atom stereocenters. The lowest BCUT2D eigenvalue weighted by Crippen LogP contribution is -1.90. The molecule has 1 aromatic rings. The molecule has 1 rings (SSSR count). The molecular weight excluding hydrogens is 234 g/mol. The van der Waals surface area contributed by atoms with E-state index in [2.05, 4.69) is 12.9 Å². The van der Waals surface area contributed by atoms with Crippen LogP contribution in [-0.2, 0) is 4.55 Å². The molecule has 60 valence electrons. The molecule has 0 N–H and O–H groups in total. The third-order valence-electron chi connectivity index (χ3n) is 1.53. The fraction of sp³-hybridized carbons (Fsp3) is 0.143. The number of benzene rings is 1. The maximum absolute atomic E-state index is 10.3. The highest BCUT2D eigenvalue weighted by molar-refractivity contribution is 9.23. The molecule has 1 aromatic carbocycles. The van der Waals surface area contributed by atoms with Crippen molar-refractivity contribution in [2.24, 2.45) is 0 Å². The van der Waals surface area contributed by atoms with Gasteiger partial charge in [-0.3, -0.25) is 10.1 Å². The van der Waals surface area contributed by atoms with Crippen molar-refractivity contribution in [3.8, 4) is 0 Å². The Balaban J connectivity index is 2.78. The van der Waals surface area contributed by atoms with E-state index in [9.17, 15) is 10.1 Å². The van der Waals surface area contributed by atoms with Crippen LogP contribution in [0.3, 0.4) is 0 Å². The second-order valence-electron chi connectivity index (χ2n) is 2.36. The van der Waals surface area contributed by atoms with Crippen LogP contribution in [0.25, 0.3) is 0 Å². The van der Waals surface area contributed by atoms with Gasteiger partial charge in [0.15, 0.2) is 0 Å². The molecule has 0 bridgehead atoms. The molecule has 0 unspecified atom stereocenters. The second-order valence-corrected chi connectivity index (χ2v) is 5.62. The van der Waals surface area contributed by atoms with Gasteiger partial charge in [-0.1, -0.05) is 17.7 Å². The Bertz CT molecular complexity index is 275. The van der Waals surface area contributed by atoms with Crippen LogP contribution in [0.1, 0.15) is 5.56 Å². The standard InChI is InChI=1S/C7H6NO2.BrH.Mg/c1-6-2-4-7(5-3-6)8(9)10;;/h2-5H,1H2;1H;/q;;+1/p-1. The molecule has 3 nitrogen and oxygen atoms in total. The van der Waals surface area contributed by atoms with Crippen LogP contribution in [0.4, 0.5) is 5.69 Å². The molecule has 5 heteroatoms. The van der Waals surface area contributed by atoms with Gasteiger partial charge < -0.3 is 12.9 Å². The summed E-state index contributed by atoms with van der Waals surface area (Å²) in [5.41, 5.74) is 1.33. The number of nitro benzene ring substituents is 1. The van der Waals surface area contributed by atoms with E-state index in [1.807, 2.05) is 12.1 Å². The summed E-state index contributed by atoms with van der Waals surface area (Å²) in [5.74, 6) is 0. The summed E-state index contributed by atoms with van der Waals surface area (Å²) in [6.07, 6.45) is 0. The van der Waals surface area contributed by atoms with Crippen molar-refractivity contribution in [2.45, 2.75) is 4.55 Å². The zero-order valence-corrected chi connectivity index (χ0v) is 9.37. The van der Waals surface area contributed by atoms with Gasteiger partial charge in [0.25, 0.3) is 5.69 Å². The predicted octanol–water partition coefficient (Wildman–Crippen LogP) is 2.11. The maximum atomic E-state index is 10.3. The summed E-state index contributed by atoms with van der Waals surface area (Å²) in [7, 11) is 0. The van der Waals surface area contributed by atoms with E-state index in [1.54, 1.807) is 12.1 Å². The lowest BCUT2D eigenvalue weighted by molar-refractivity contribution is -0.384. The summed E-state index contributed by atoms with van der Waals surface area (Å²) < 4.78 is 1.04. The van der Waals surface area contributed by atoms with Crippen LogP contribution >= 0.6 is 12.9 Å². The molecular formula is C7H6BrMgNO2. The number of rotatable bonds is 3. The smallest absolute Gasteiger partial charge is 0.306 e. The molecule has 0 aliphatic carbocycles. The van der Waals surface area contributed by atoms with Gasteiger partial charge in [0.1, 0.15) is 0 Å². The maximum Gasteiger partial charge on any atom is 0.473 e. The summed E-state index contributed by atoms with van der Waals surface area (Å²) in [6, 6.07) is 6.72. The monoisotopic (exact) mass is 239 g/mol. The normalized spacial score (nSPS) is 9.08. The molecule has 0 aromatic heterocycles. The molecule has 0 heterocycles. The molecule has 0 radical (unpaired) electrons. The van der Waals surface area contributed by atoms with Crippen LogP contribution in [0.15, 0.2) is 24.3 Å². The quantitative estimate of drug-likeness (QED) is 0.461. The molecule has 0 saturated carbocycles. The van der Waals surface area contributed by atoms with E-state index in [0.29, 0.717) is 0 Å². The van der Waals surface area contributed by atoms with Crippen molar-refractivity contribution in [3.63, 3.8) is 0 Å². The highest BCUT2D eigenvalue weighted by Gasteiger charge is 2.03. The molecule has 0 aliphatic heterocycles. The van der Waals surface area contributed by atoms with Crippen molar-refractivity contribution < 1.29 is 4.92 Å². The number of nitrogens with zero attached hydrogens (tertiary/aromatic N) is 1. The van der Waals surface area contributed by atoms with Gasteiger partial charge in [-0.15, -0.1) is 4.55 Å².